The monoisotopic (exact) mass is 354 g/mol. The van der Waals surface area contributed by atoms with Crippen LogP contribution in [-0.2, 0) is 24.1 Å². The molecule has 1 aromatic carbocycles. The molecule has 0 bridgehead atoms. The largest absolute Gasteiger partial charge is 0.459 e. The fourth-order valence-electron chi connectivity index (χ4n) is 2.80. The molecule has 4 nitrogen and oxygen atoms in total. The lowest BCUT2D eigenvalue weighted by molar-refractivity contribution is -0.115. The molecule has 0 saturated heterocycles. The first-order chi connectivity index (χ1) is 12.1. The summed E-state index contributed by atoms with van der Waals surface area (Å²) in [6.07, 6.45) is 2.04. The Labute approximate surface area is 151 Å². The molecule has 0 saturated carbocycles. The number of para-hydroxylation sites is 1. The fraction of sp³-hybridized carbons (Fsp3) is 0.300. The molecular weight excluding hydrogens is 332 g/mol. The molecule has 25 heavy (non-hydrogen) atoms. The van der Waals surface area contributed by atoms with Crippen LogP contribution in [0, 0.1) is 6.92 Å². The average molecular weight is 354 g/mol. The first-order valence-corrected chi connectivity index (χ1v) is 9.40. The number of carbonyl (C=O) groups excluding carboxylic acids is 1. The van der Waals surface area contributed by atoms with Crippen molar-refractivity contribution in [2.24, 2.45) is 0 Å². The highest BCUT2D eigenvalue weighted by atomic mass is 32.1. The summed E-state index contributed by atoms with van der Waals surface area (Å²) in [7, 11) is 0. The van der Waals surface area contributed by atoms with E-state index in [9.17, 15) is 4.79 Å². The number of hydrogen-bond acceptors (Lipinski definition) is 4. The minimum absolute atomic E-state index is 0.0388. The highest BCUT2D eigenvalue weighted by molar-refractivity contribution is 7.13. The molecule has 1 N–H and O–H groups in total. The number of rotatable bonds is 6. The summed E-state index contributed by atoms with van der Waals surface area (Å²) < 4.78 is 5.59. The normalized spacial score (nSPS) is 10.8. The van der Waals surface area contributed by atoms with Crippen LogP contribution in [-0.4, -0.2) is 10.9 Å². The molecule has 1 amide bonds. The fourth-order valence-corrected chi connectivity index (χ4v) is 3.58. The number of aryl methyl sites for hydroxylation is 3. The zero-order valence-corrected chi connectivity index (χ0v) is 15.6. The Morgan fingerprint density at radius 3 is 2.48 bits per heavy atom. The van der Waals surface area contributed by atoms with E-state index in [4.69, 9.17) is 4.42 Å². The van der Waals surface area contributed by atoms with E-state index in [1.807, 2.05) is 30.5 Å². The van der Waals surface area contributed by atoms with Gasteiger partial charge in [0.25, 0.3) is 0 Å². The molecule has 0 unspecified atom stereocenters. The van der Waals surface area contributed by atoms with E-state index >= 15 is 0 Å². The van der Waals surface area contributed by atoms with Crippen molar-refractivity contribution in [3.05, 3.63) is 58.3 Å². The topological polar surface area (TPSA) is 55.1 Å². The number of anilines is 1. The SMILES string of the molecule is CCc1cccc(CC)c1NC(=O)Cc1csc(-c2ccc(C)o2)n1. The summed E-state index contributed by atoms with van der Waals surface area (Å²) in [5.74, 6) is 1.56. The Morgan fingerprint density at radius 1 is 1.16 bits per heavy atom. The molecule has 0 fully saturated rings. The first kappa shape index (κ1) is 17.4. The summed E-state index contributed by atoms with van der Waals surface area (Å²) in [5.41, 5.74) is 4.05. The van der Waals surface area contributed by atoms with Crippen molar-refractivity contribution in [3.63, 3.8) is 0 Å². The van der Waals surface area contributed by atoms with Crippen LogP contribution in [0.2, 0.25) is 0 Å². The van der Waals surface area contributed by atoms with Gasteiger partial charge in [0.05, 0.1) is 12.1 Å². The Bertz CT molecular complexity index is 857. The molecule has 0 atom stereocenters. The van der Waals surface area contributed by atoms with Gasteiger partial charge in [-0.25, -0.2) is 4.98 Å². The van der Waals surface area contributed by atoms with E-state index in [1.165, 1.54) is 11.3 Å². The molecule has 0 aliphatic rings. The molecule has 0 spiro atoms. The van der Waals surface area contributed by atoms with Gasteiger partial charge in [0.1, 0.15) is 5.76 Å². The van der Waals surface area contributed by atoms with Gasteiger partial charge in [0.2, 0.25) is 5.91 Å². The van der Waals surface area contributed by atoms with Crippen molar-refractivity contribution in [1.29, 1.82) is 0 Å². The zero-order chi connectivity index (χ0) is 17.8. The Morgan fingerprint density at radius 2 is 1.88 bits per heavy atom. The summed E-state index contributed by atoms with van der Waals surface area (Å²) in [6.45, 7) is 6.10. The molecule has 5 heteroatoms. The van der Waals surface area contributed by atoms with Crippen molar-refractivity contribution < 1.29 is 9.21 Å². The van der Waals surface area contributed by atoms with Crippen LogP contribution >= 0.6 is 11.3 Å². The van der Waals surface area contributed by atoms with Gasteiger partial charge in [-0.1, -0.05) is 32.0 Å². The Kier molecular flexibility index (Phi) is 5.34. The Balaban J connectivity index is 1.73. The zero-order valence-electron chi connectivity index (χ0n) is 14.8. The molecule has 0 radical (unpaired) electrons. The number of thiazole rings is 1. The maximum Gasteiger partial charge on any atom is 0.230 e. The second kappa shape index (κ2) is 7.66. The van der Waals surface area contributed by atoms with Crippen LogP contribution in [0.5, 0.6) is 0 Å². The third kappa shape index (κ3) is 3.99. The smallest absolute Gasteiger partial charge is 0.230 e. The van der Waals surface area contributed by atoms with Crippen LogP contribution in [0.15, 0.2) is 40.1 Å². The lowest BCUT2D eigenvalue weighted by Gasteiger charge is -2.14. The summed E-state index contributed by atoms with van der Waals surface area (Å²) in [4.78, 5) is 17.0. The van der Waals surface area contributed by atoms with Crippen molar-refractivity contribution in [3.8, 4) is 10.8 Å². The van der Waals surface area contributed by atoms with Crippen LogP contribution in [0.4, 0.5) is 5.69 Å². The van der Waals surface area contributed by atoms with Gasteiger partial charge in [0.15, 0.2) is 10.8 Å². The molecule has 3 rings (SSSR count). The van der Waals surface area contributed by atoms with E-state index in [0.717, 1.165) is 51.9 Å². The number of furan rings is 1. The predicted molar refractivity (Wildman–Crippen MR) is 102 cm³/mol. The van der Waals surface area contributed by atoms with E-state index in [2.05, 4.69) is 36.3 Å². The summed E-state index contributed by atoms with van der Waals surface area (Å²) >= 11 is 1.49. The summed E-state index contributed by atoms with van der Waals surface area (Å²) in [5, 5.41) is 5.81. The second-order valence-electron chi connectivity index (χ2n) is 5.94. The van der Waals surface area contributed by atoms with Gasteiger partial charge >= 0.3 is 0 Å². The van der Waals surface area contributed by atoms with Gasteiger partial charge in [-0.2, -0.15) is 0 Å². The second-order valence-corrected chi connectivity index (χ2v) is 6.80. The molecule has 3 aromatic rings. The molecule has 0 aliphatic heterocycles. The van der Waals surface area contributed by atoms with E-state index in [1.54, 1.807) is 0 Å². The van der Waals surface area contributed by atoms with Crippen molar-refractivity contribution in [2.75, 3.05) is 5.32 Å². The maximum absolute atomic E-state index is 12.5. The predicted octanol–water partition coefficient (Wildman–Crippen LogP) is 5.02. The molecule has 2 aromatic heterocycles. The third-order valence-corrected chi connectivity index (χ3v) is 5.01. The third-order valence-electron chi connectivity index (χ3n) is 4.11. The first-order valence-electron chi connectivity index (χ1n) is 8.52. The number of hydrogen-bond donors (Lipinski definition) is 1. The van der Waals surface area contributed by atoms with Gasteiger partial charge < -0.3 is 9.73 Å². The van der Waals surface area contributed by atoms with E-state index in [0.29, 0.717) is 0 Å². The van der Waals surface area contributed by atoms with Gasteiger partial charge in [-0.05, 0) is 43.0 Å². The van der Waals surface area contributed by atoms with Crippen molar-refractivity contribution in [2.45, 2.75) is 40.0 Å². The molecule has 2 heterocycles. The number of carbonyl (C=O) groups is 1. The lowest BCUT2D eigenvalue weighted by atomic mass is 10.0. The quantitative estimate of drug-likeness (QED) is 0.676. The Hall–Kier alpha value is -2.40. The molecular formula is C20H22N2O2S. The lowest BCUT2D eigenvalue weighted by Crippen LogP contribution is -2.17. The number of aromatic nitrogens is 1. The standard InChI is InChI=1S/C20H22N2O2S/c1-4-14-7-6-8-15(5-2)19(14)22-18(23)11-16-12-25-20(21-16)17-10-9-13(3)24-17/h6-10,12H,4-5,11H2,1-3H3,(H,22,23). The summed E-state index contributed by atoms with van der Waals surface area (Å²) in [6, 6.07) is 10.00. The number of nitrogens with one attached hydrogen (secondary N) is 1. The number of nitrogens with zero attached hydrogens (tertiary/aromatic N) is 1. The van der Waals surface area contributed by atoms with Crippen LogP contribution < -0.4 is 5.32 Å². The van der Waals surface area contributed by atoms with Gasteiger partial charge in [0, 0.05) is 11.1 Å². The van der Waals surface area contributed by atoms with Crippen LogP contribution in [0.3, 0.4) is 0 Å². The number of amides is 1. The minimum Gasteiger partial charge on any atom is -0.459 e. The highest BCUT2D eigenvalue weighted by Crippen LogP contribution is 2.26. The van der Waals surface area contributed by atoms with Crippen molar-refractivity contribution >= 4 is 22.9 Å². The van der Waals surface area contributed by atoms with E-state index in [-0.39, 0.29) is 12.3 Å². The van der Waals surface area contributed by atoms with Crippen molar-refractivity contribution in [1.82, 2.24) is 4.98 Å². The van der Waals surface area contributed by atoms with Gasteiger partial charge in [-0.15, -0.1) is 11.3 Å². The average Bonchev–Trinajstić information content (AvgIpc) is 3.23. The van der Waals surface area contributed by atoms with Crippen LogP contribution in [0.1, 0.15) is 36.4 Å². The van der Waals surface area contributed by atoms with Gasteiger partial charge in [-0.3, -0.25) is 4.79 Å². The minimum atomic E-state index is -0.0388. The highest BCUT2D eigenvalue weighted by Gasteiger charge is 2.14. The molecule has 130 valence electrons. The van der Waals surface area contributed by atoms with E-state index < -0.39 is 0 Å². The number of benzene rings is 1. The maximum atomic E-state index is 12.5. The van der Waals surface area contributed by atoms with Crippen LogP contribution in [0.25, 0.3) is 10.8 Å². The molecule has 0 aliphatic carbocycles.